The predicted molar refractivity (Wildman–Crippen MR) is 89.7 cm³/mol. The lowest BCUT2D eigenvalue weighted by Gasteiger charge is -2.19. The molecule has 3 aromatic rings. The summed E-state index contributed by atoms with van der Waals surface area (Å²) in [4.78, 5) is 16.7. The Labute approximate surface area is 144 Å². The fraction of sp³-hybridized carbons (Fsp3) is 0.158. The van der Waals surface area contributed by atoms with Crippen LogP contribution in [-0.2, 0) is 18.3 Å². The van der Waals surface area contributed by atoms with Gasteiger partial charge in [0.1, 0.15) is 23.5 Å². The van der Waals surface area contributed by atoms with Gasteiger partial charge in [-0.1, -0.05) is 30.3 Å². The summed E-state index contributed by atoms with van der Waals surface area (Å²) < 4.78 is 29.1. The van der Waals surface area contributed by atoms with Gasteiger partial charge in [-0.05, 0) is 29.3 Å². The molecular weight excluding hydrogens is 324 g/mol. The quantitative estimate of drug-likeness (QED) is 0.775. The molecule has 0 aliphatic rings. The van der Waals surface area contributed by atoms with Gasteiger partial charge in [-0.3, -0.25) is 4.79 Å². The Morgan fingerprint density at radius 3 is 2.68 bits per heavy atom. The van der Waals surface area contributed by atoms with Crippen LogP contribution in [0.1, 0.15) is 23.0 Å². The zero-order valence-corrected chi connectivity index (χ0v) is 13.6. The number of rotatable bonds is 5. The van der Waals surface area contributed by atoms with Gasteiger partial charge in [0.15, 0.2) is 0 Å². The van der Waals surface area contributed by atoms with Gasteiger partial charge in [-0.15, -0.1) is 0 Å². The van der Waals surface area contributed by atoms with Crippen molar-refractivity contribution in [2.24, 2.45) is 7.05 Å². The number of hydrogen-bond acceptors (Lipinski definition) is 2. The van der Waals surface area contributed by atoms with E-state index in [2.05, 4.69) is 10.3 Å². The Kier molecular flexibility index (Phi) is 4.88. The highest BCUT2D eigenvalue weighted by Crippen LogP contribution is 2.21. The molecule has 0 radical (unpaired) electrons. The highest BCUT2D eigenvalue weighted by atomic mass is 19.1. The molecule has 6 heteroatoms. The highest BCUT2D eigenvalue weighted by molar-refractivity contribution is 5.79. The smallest absolute Gasteiger partial charge is 0.225 e. The molecule has 1 atom stereocenters. The molecule has 0 aliphatic carbocycles. The minimum absolute atomic E-state index is 0.108. The number of amides is 1. The molecule has 0 fully saturated rings. The number of carbonyl (C=O) groups excluding carboxylic acids is 1. The van der Waals surface area contributed by atoms with Crippen LogP contribution in [0.15, 0.2) is 60.9 Å². The Balaban J connectivity index is 1.87. The van der Waals surface area contributed by atoms with Crippen LogP contribution in [0.5, 0.6) is 0 Å². The van der Waals surface area contributed by atoms with Crippen molar-refractivity contribution in [2.75, 3.05) is 0 Å². The number of halogens is 2. The van der Waals surface area contributed by atoms with E-state index in [9.17, 15) is 13.6 Å². The Hall–Kier alpha value is -3.02. The average Bonchev–Trinajstić information content (AvgIpc) is 3.00. The van der Waals surface area contributed by atoms with Gasteiger partial charge in [0.25, 0.3) is 0 Å². The number of nitrogens with one attached hydrogen (secondary N) is 1. The topological polar surface area (TPSA) is 46.9 Å². The lowest BCUT2D eigenvalue weighted by molar-refractivity contribution is -0.121. The molecule has 1 heterocycles. The molecule has 2 aromatic carbocycles. The van der Waals surface area contributed by atoms with E-state index < -0.39 is 17.7 Å². The molecule has 1 amide bonds. The molecule has 25 heavy (non-hydrogen) atoms. The van der Waals surface area contributed by atoms with Crippen molar-refractivity contribution in [2.45, 2.75) is 12.5 Å². The minimum Gasteiger partial charge on any atom is -0.342 e. The largest absolute Gasteiger partial charge is 0.342 e. The Morgan fingerprint density at radius 2 is 2.00 bits per heavy atom. The van der Waals surface area contributed by atoms with E-state index in [0.717, 1.165) is 0 Å². The van der Waals surface area contributed by atoms with Gasteiger partial charge >= 0.3 is 0 Å². The highest BCUT2D eigenvalue weighted by Gasteiger charge is 2.21. The minimum atomic E-state index is -0.630. The molecule has 0 saturated heterocycles. The SMILES string of the molecule is Cn1ccnc1[C@H](NC(=O)Cc1ccccc1F)c1cccc(F)c1. The van der Waals surface area contributed by atoms with Crippen LogP contribution in [0.3, 0.4) is 0 Å². The molecule has 0 bridgehead atoms. The third kappa shape index (κ3) is 3.91. The van der Waals surface area contributed by atoms with Crippen molar-refractivity contribution in [3.05, 3.63) is 89.5 Å². The van der Waals surface area contributed by atoms with Gasteiger partial charge in [0.2, 0.25) is 5.91 Å². The second-order valence-electron chi connectivity index (χ2n) is 5.72. The molecule has 4 nitrogen and oxygen atoms in total. The summed E-state index contributed by atoms with van der Waals surface area (Å²) in [5.74, 6) is -0.646. The lowest BCUT2D eigenvalue weighted by atomic mass is 10.0. The van der Waals surface area contributed by atoms with Crippen molar-refractivity contribution in [3.63, 3.8) is 0 Å². The summed E-state index contributed by atoms with van der Waals surface area (Å²) in [7, 11) is 1.79. The summed E-state index contributed by atoms with van der Waals surface area (Å²) in [5.41, 5.74) is 0.869. The van der Waals surface area contributed by atoms with Crippen LogP contribution in [0.2, 0.25) is 0 Å². The molecule has 1 aromatic heterocycles. The molecular formula is C19H17F2N3O. The van der Waals surface area contributed by atoms with Crippen LogP contribution in [0, 0.1) is 11.6 Å². The maximum absolute atomic E-state index is 13.8. The lowest BCUT2D eigenvalue weighted by Crippen LogP contribution is -2.32. The van der Waals surface area contributed by atoms with Crippen molar-refractivity contribution in [1.29, 1.82) is 0 Å². The van der Waals surface area contributed by atoms with Crippen LogP contribution in [0.4, 0.5) is 8.78 Å². The van der Waals surface area contributed by atoms with Gasteiger partial charge in [-0.2, -0.15) is 0 Å². The summed E-state index contributed by atoms with van der Waals surface area (Å²) in [6, 6.07) is 11.5. The van der Waals surface area contributed by atoms with E-state index in [1.165, 1.54) is 18.2 Å². The van der Waals surface area contributed by atoms with Crippen molar-refractivity contribution < 1.29 is 13.6 Å². The predicted octanol–water partition coefficient (Wildman–Crippen LogP) is 3.15. The van der Waals surface area contributed by atoms with E-state index in [-0.39, 0.29) is 12.3 Å². The molecule has 0 spiro atoms. The summed E-state index contributed by atoms with van der Waals surface area (Å²) in [6.45, 7) is 0. The molecule has 1 N–H and O–H groups in total. The number of carbonyl (C=O) groups is 1. The Bertz CT molecular complexity index is 892. The third-order valence-corrected chi connectivity index (χ3v) is 3.91. The van der Waals surface area contributed by atoms with Crippen LogP contribution in [-0.4, -0.2) is 15.5 Å². The fourth-order valence-electron chi connectivity index (χ4n) is 2.67. The van der Waals surface area contributed by atoms with Gasteiger partial charge in [0.05, 0.1) is 6.42 Å². The maximum Gasteiger partial charge on any atom is 0.225 e. The molecule has 3 rings (SSSR count). The fourth-order valence-corrected chi connectivity index (χ4v) is 2.67. The summed E-state index contributed by atoms with van der Waals surface area (Å²) in [5, 5.41) is 2.82. The first-order chi connectivity index (χ1) is 12.0. The first kappa shape index (κ1) is 16.8. The van der Waals surface area contributed by atoms with E-state index in [1.807, 2.05) is 0 Å². The van der Waals surface area contributed by atoms with Gasteiger partial charge in [0, 0.05) is 19.4 Å². The van der Waals surface area contributed by atoms with Gasteiger partial charge in [-0.25, -0.2) is 13.8 Å². The van der Waals surface area contributed by atoms with E-state index in [1.54, 1.807) is 54.3 Å². The molecule has 0 saturated carbocycles. The second-order valence-corrected chi connectivity index (χ2v) is 5.72. The monoisotopic (exact) mass is 341 g/mol. The number of aryl methyl sites for hydroxylation is 1. The van der Waals surface area contributed by atoms with Crippen molar-refractivity contribution >= 4 is 5.91 Å². The number of imidazole rings is 1. The first-order valence-corrected chi connectivity index (χ1v) is 7.80. The average molecular weight is 341 g/mol. The summed E-state index contributed by atoms with van der Waals surface area (Å²) in [6.07, 6.45) is 3.23. The van der Waals surface area contributed by atoms with Crippen LogP contribution >= 0.6 is 0 Å². The molecule has 0 aliphatic heterocycles. The Morgan fingerprint density at radius 1 is 1.20 bits per heavy atom. The first-order valence-electron chi connectivity index (χ1n) is 7.80. The second kappa shape index (κ2) is 7.25. The number of aromatic nitrogens is 2. The van der Waals surface area contributed by atoms with Crippen LogP contribution in [0.25, 0.3) is 0 Å². The van der Waals surface area contributed by atoms with E-state index in [4.69, 9.17) is 0 Å². The van der Waals surface area contributed by atoms with Crippen molar-refractivity contribution in [3.8, 4) is 0 Å². The van der Waals surface area contributed by atoms with E-state index >= 15 is 0 Å². The number of nitrogens with zero attached hydrogens (tertiary/aromatic N) is 2. The van der Waals surface area contributed by atoms with Gasteiger partial charge < -0.3 is 9.88 Å². The normalized spacial score (nSPS) is 12.0. The molecule has 0 unspecified atom stereocenters. The zero-order chi connectivity index (χ0) is 17.8. The maximum atomic E-state index is 13.8. The standard InChI is InChI=1S/C19H17F2N3O/c1-24-10-9-22-19(24)18(14-6-4-7-15(20)11-14)23-17(25)12-13-5-2-3-8-16(13)21/h2-11,18H,12H2,1H3,(H,23,25)/t18-/m1/s1. The van der Waals surface area contributed by atoms with Crippen molar-refractivity contribution in [1.82, 2.24) is 14.9 Å². The zero-order valence-electron chi connectivity index (χ0n) is 13.6. The van der Waals surface area contributed by atoms with E-state index in [0.29, 0.717) is 17.0 Å². The summed E-state index contributed by atoms with van der Waals surface area (Å²) >= 11 is 0. The van der Waals surface area contributed by atoms with Crippen LogP contribution < -0.4 is 5.32 Å². The number of benzene rings is 2. The number of hydrogen-bond donors (Lipinski definition) is 1. The molecule has 128 valence electrons. The third-order valence-electron chi connectivity index (χ3n) is 3.91.